The standard InChI is InChI=1S/C17H34N6O5/c1-11(17(27)28)21-15(25)13(7-3-5-9-19)23-16(26)12(6-2-4-8-18)22-14(24)10-20/h11-13H,2-10,18-20H2,1H3,(H,21,25)(H,22,24)(H,23,26)(H,27,28)/t11-,12-,13-/m0/s1. The number of carbonyl (C=O) groups excluding carboxylic acids is 3. The van der Waals surface area contributed by atoms with Crippen LogP contribution in [0.25, 0.3) is 0 Å². The van der Waals surface area contributed by atoms with E-state index in [-0.39, 0.29) is 6.54 Å². The second-order valence-electron chi connectivity index (χ2n) is 6.52. The Balaban J connectivity index is 5.11. The monoisotopic (exact) mass is 402 g/mol. The molecular weight excluding hydrogens is 368 g/mol. The van der Waals surface area contributed by atoms with Crippen molar-refractivity contribution in [2.24, 2.45) is 17.2 Å². The summed E-state index contributed by atoms with van der Waals surface area (Å²) in [6.45, 7) is 1.95. The second-order valence-corrected chi connectivity index (χ2v) is 6.52. The molecule has 3 amide bonds. The van der Waals surface area contributed by atoms with Gasteiger partial charge in [-0.2, -0.15) is 0 Å². The van der Waals surface area contributed by atoms with Crippen molar-refractivity contribution in [2.75, 3.05) is 19.6 Å². The Hall–Kier alpha value is -2.24. The van der Waals surface area contributed by atoms with E-state index in [0.29, 0.717) is 51.6 Å². The lowest BCUT2D eigenvalue weighted by atomic mass is 10.0. The van der Waals surface area contributed by atoms with Gasteiger partial charge in [0.25, 0.3) is 0 Å². The van der Waals surface area contributed by atoms with Gasteiger partial charge >= 0.3 is 5.97 Å². The van der Waals surface area contributed by atoms with Crippen molar-refractivity contribution < 1.29 is 24.3 Å². The first-order chi connectivity index (χ1) is 13.3. The third kappa shape index (κ3) is 10.8. The molecule has 0 unspecified atom stereocenters. The first-order valence-corrected chi connectivity index (χ1v) is 9.49. The molecule has 11 heteroatoms. The average Bonchev–Trinajstić information content (AvgIpc) is 2.66. The van der Waals surface area contributed by atoms with E-state index in [0.717, 1.165) is 0 Å². The maximum absolute atomic E-state index is 12.6. The van der Waals surface area contributed by atoms with E-state index in [1.807, 2.05) is 0 Å². The van der Waals surface area contributed by atoms with E-state index in [1.165, 1.54) is 6.92 Å². The highest BCUT2D eigenvalue weighted by atomic mass is 16.4. The van der Waals surface area contributed by atoms with Crippen LogP contribution in [0, 0.1) is 0 Å². The van der Waals surface area contributed by atoms with Gasteiger partial charge in [-0.1, -0.05) is 0 Å². The fraction of sp³-hybridized carbons (Fsp3) is 0.765. The lowest BCUT2D eigenvalue weighted by Gasteiger charge is -2.24. The number of nitrogens with one attached hydrogen (secondary N) is 3. The van der Waals surface area contributed by atoms with Crippen molar-refractivity contribution in [2.45, 2.75) is 63.6 Å². The van der Waals surface area contributed by atoms with Crippen LogP contribution >= 0.6 is 0 Å². The normalized spacial score (nSPS) is 13.9. The molecule has 0 heterocycles. The highest BCUT2D eigenvalue weighted by Gasteiger charge is 2.27. The molecule has 162 valence electrons. The van der Waals surface area contributed by atoms with E-state index in [9.17, 15) is 19.2 Å². The van der Waals surface area contributed by atoms with Gasteiger partial charge in [-0.15, -0.1) is 0 Å². The van der Waals surface area contributed by atoms with E-state index in [4.69, 9.17) is 22.3 Å². The zero-order chi connectivity index (χ0) is 21.5. The minimum Gasteiger partial charge on any atom is -0.480 e. The summed E-state index contributed by atoms with van der Waals surface area (Å²) in [5, 5.41) is 16.4. The molecule has 0 aliphatic rings. The first kappa shape index (κ1) is 25.8. The number of nitrogens with two attached hydrogens (primary N) is 3. The van der Waals surface area contributed by atoms with Crippen LogP contribution in [0.4, 0.5) is 0 Å². The summed E-state index contributed by atoms with van der Waals surface area (Å²) in [5.41, 5.74) is 16.2. The molecule has 28 heavy (non-hydrogen) atoms. The first-order valence-electron chi connectivity index (χ1n) is 9.49. The van der Waals surface area contributed by atoms with Crippen molar-refractivity contribution in [1.29, 1.82) is 0 Å². The van der Waals surface area contributed by atoms with Gasteiger partial charge in [-0.25, -0.2) is 0 Å². The number of carbonyl (C=O) groups is 4. The fourth-order valence-corrected chi connectivity index (χ4v) is 2.42. The maximum Gasteiger partial charge on any atom is 0.325 e. The SMILES string of the molecule is C[C@H](NC(=O)[C@H](CCCCN)NC(=O)[C@H](CCCCN)NC(=O)CN)C(=O)O. The Morgan fingerprint density at radius 1 is 0.786 bits per heavy atom. The predicted octanol–water partition coefficient (Wildman–Crippen LogP) is -2.24. The van der Waals surface area contributed by atoms with Gasteiger partial charge in [0.1, 0.15) is 18.1 Å². The number of hydrogen-bond donors (Lipinski definition) is 7. The maximum atomic E-state index is 12.6. The Bertz CT molecular complexity index is 516. The van der Waals surface area contributed by atoms with Gasteiger partial charge in [-0.3, -0.25) is 19.2 Å². The molecule has 3 atom stereocenters. The summed E-state index contributed by atoms with van der Waals surface area (Å²) in [6, 6.07) is -2.89. The molecule has 0 saturated heterocycles. The Morgan fingerprint density at radius 3 is 1.68 bits per heavy atom. The second kappa shape index (κ2) is 14.8. The van der Waals surface area contributed by atoms with E-state index >= 15 is 0 Å². The number of unbranched alkanes of at least 4 members (excludes halogenated alkanes) is 2. The molecule has 0 rings (SSSR count). The molecule has 11 nitrogen and oxygen atoms in total. The van der Waals surface area contributed by atoms with Crippen LogP contribution in [-0.2, 0) is 19.2 Å². The van der Waals surface area contributed by atoms with E-state index < -0.39 is 41.8 Å². The van der Waals surface area contributed by atoms with Crippen molar-refractivity contribution in [3.05, 3.63) is 0 Å². The van der Waals surface area contributed by atoms with Crippen LogP contribution in [0.15, 0.2) is 0 Å². The third-order valence-electron chi connectivity index (χ3n) is 4.09. The fourth-order valence-electron chi connectivity index (χ4n) is 2.42. The average molecular weight is 402 g/mol. The third-order valence-corrected chi connectivity index (χ3v) is 4.09. The van der Waals surface area contributed by atoms with Crippen molar-refractivity contribution >= 4 is 23.7 Å². The summed E-state index contributed by atoms with van der Waals surface area (Å²) in [4.78, 5) is 47.6. The van der Waals surface area contributed by atoms with E-state index in [2.05, 4.69) is 16.0 Å². The summed E-state index contributed by atoms with van der Waals surface area (Å²) in [6.07, 6.45) is 3.15. The Morgan fingerprint density at radius 2 is 1.25 bits per heavy atom. The predicted molar refractivity (Wildman–Crippen MR) is 104 cm³/mol. The Kier molecular flexibility index (Phi) is 13.6. The number of aliphatic carboxylic acids is 1. The van der Waals surface area contributed by atoms with Crippen LogP contribution < -0.4 is 33.2 Å². The van der Waals surface area contributed by atoms with Crippen LogP contribution in [0.3, 0.4) is 0 Å². The molecular formula is C17H34N6O5. The van der Waals surface area contributed by atoms with Crippen molar-refractivity contribution in [3.8, 4) is 0 Å². The van der Waals surface area contributed by atoms with Gasteiger partial charge in [0.2, 0.25) is 17.7 Å². The van der Waals surface area contributed by atoms with E-state index in [1.54, 1.807) is 0 Å². The topological polar surface area (TPSA) is 203 Å². The van der Waals surface area contributed by atoms with Crippen molar-refractivity contribution in [1.82, 2.24) is 16.0 Å². The van der Waals surface area contributed by atoms with Crippen LogP contribution in [-0.4, -0.2) is 66.6 Å². The zero-order valence-electron chi connectivity index (χ0n) is 16.4. The van der Waals surface area contributed by atoms with Crippen LogP contribution in [0.5, 0.6) is 0 Å². The molecule has 0 bridgehead atoms. The number of rotatable bonds is 15. The highest BCUT2D eigenvalue weighted by molar-refractivity contribution is 5.93. The molecule has 10 N–H and O–H groups in total. The molecule has 0 fully saturated rings. The smallest absolute Gasteiger partial charge is 0.325 e. The minimum absolute atomic E-state index is 0.267. The number of carboxylic acids is 1. The molecule has 0 radical (unpaired) electrons. The molecule has 0 saturated carbocycles. The highest BCUT2D eigenvalue weighted by Crippen LogP contribution is 2.05. The summed E-state index contributed by atoms with van der Waals surface area (Å²) >= 11 is 0. The Labute approximate surface area is 165 Å². The zero-order valence-corrected chi connectivity index (χ0v) is 16.4. The van der Waals surface area contributed by atoms with Crippen LogP contribution in [0.1, 0.15) is 45.4 Å². The van der Waals surface area contributed by atoms with Gasteiger partial charge in [0, 0.05) is 0 Å². The number of carboxylic acid groups (broad SMARTS) is 1. The van der Waals surface area contributed by atoms with Gasteiger partial charge in [-0.05, 0) is 58.5 Å². The number of hydrogen-bond acceptors (Lipinski definition) is 7. The molecule has 0 aromatic rings. The molecule has 0 aromatic carbocycles. The van der Waals surface area contributed by atoms with Gasteiger partial charge in [0.15, 0.2) is 0 Å². The molecule has 0 aliphatic carbocycles. The van der Waals surface area contributed by atoms with Gasteiger partial charge in [0.05, 0.1) is 6.54 Å². The summed E-state index contributed by atoms with van der Waals surface area (Å²) < 4.78 is 0. The van der Waals surface area contributed by atoms with Gasteiger partial charge < -0.3 is 38.3 Å². The molecule has 0 aromatic heterocycles. The molecule has 0 spiro atoms. The summed E-state index contributed by atoms with van der Waals surface area (Å²) in [7, 11) is 0. The number of amides is 3. The summed E-state index contributed by atoms with van der Waals surface area (Å²) in [5.74, 6) is -2.81. The molecule has 0 aliphatic heterocycles. The lowest BCUT2D eigenvalue weighted by Crippen LogP contribution is -2.55. The van der Waals surface area contributed by atoms with Crippen molar-refractivity contribution in [3.63, 3.8) is 0 Å². The minimum atomic E-state index is -1.18. The lowest BCUT2D eigenvalue weighted by molar-refractivity contribution is -0.141. The largest absolute Gasteiger partial charge is 0.480 e. The van der Waals surface area contributed by atoms with Crippen LogP contribution in [0.2, 0.25) is 0 Å². The quantitative estimate of drug-likeness (QED) is 0.149.